The lowest BCUT2D eigenvalue weighted by Crippen LogP contribution is -2.39. The van der Waals surface area contributed by atoms with Crippen molar-refractivity contribution in [3.05, 3.63) is 23.3 Å². The zero-order valence-electron chi connectivity index (χ0n) is 24.6. The topological polar surface area (TPSA) is 18.5 Å². The molecule has 0 atom stereocenters. The molecule has 0 saturated heterocycles. The Balaban J connectivity index is 1.35. The molecule has 3 aliphatic carbocycles. The zero-order valence-corrected chi connectivity index (χ0v) is 24.6. The summed E-state index contributed by atoms with van der Waals surface area (Å²) in [5.41, 5.74) is -4.44. The largest absolute Gasteiger partial charge is 0.493 e. The minimum atomic E-state index is -5.59. The van der Waals surface area contributed by atoms with E-state index >= 15 is 8.78 Å². The van der Waals surface area contributed by atoms with Gasteiger partial charge in [-0.25, -0.2) is 0 Å². The van der Waals surface area contributed by atoms with Crippen LogP contribution in [-0.4, -0.2) is 12.7 Å². The third-order valence-corrected chi connectivity index (χ3v) is 10.2. The Morgan fingerprint density at radius 1 is 0.595 bits per heavy atom. The molecule has 42 heavy (non-hydrogen) atoms. The summed E-state index contributed by atoms with van der Waals surface area (Å²) in [5.74, 6) is -0.813. The van der Waals surface area contributed by atoms with E-state index in [1.807, 2.05) is 0 Å². The number of halogens is 8. The highest BCUT2D eigenvalue weighted by Gasteiger charge is 2.51. The highest BCUT2D eigenvalue weighted by Crippen LogP contribution is 2.52. The summed E-state index contributed by atoms with van der Waals surface area (Å²) < 4.78 is 122. The Bertz CT molecular complexity index is 997. The molecule has 0 bridgehead atoms. The molecule has 1 aromatic carbocycles. The lowest BCUT2D eigenvalue weighted by Gasteiger charge is -2.42. The molecule has 3 fully saturated rings. The quantitative estimate of drug-likeness (QED) is 0.258. The lowest BCUT2D eigenvalue weighted by molar-refractivity contribution is -0.228. The summed E-state index contributed by atoms with van der Waals surface area (Å²) in [6, 6.07) is 1.11. The van der Waals surface area contributed by atoms with Crippen LogP contribution in [0.4, 0.5) is 35.1 Å². The van der Waals surface area contributed by atoms with Crippen LogP contribution in [0.3, 0.4) is 0 Å². The molecular formula is C32H44F8O2. The SMILES string of the molecule is CCCC1CCC(C2CCC(C3CCC(C(F)(F)Oc4ccc(OCC)c(C(F)(F)F)c4C(F)(F)F)CC3)CC2)CC1. The zero-order chi connectivity index (χ0) is 30.7. The van der Waals surface area contributed by atoms with Gasteiger partial charge in [0.1, 0.15) is 22.6 Å². The van der Waals surface area contributed by atoms with Gasteiger partial charge in [-0.15, -0.1) is 0 Å². The first-order valence-corrected chi connectivity index (χ1v) is 15.8. The first kappa shape index (κ1) is 33.2. The molecule has 0 unspecified atom stereocenters. The highest BCUT2D eigenvalue weighted by molar-refractivity contribution is 5.52. The molecule has 3 aliphatic rings. The van der Waals surface area contributed by atoms with Crippen molar-refractivity contribution in [2.24, 2.45) is 35.5 Å². The molecule has 10 heteroatoms. The molecule has 0 N–H and O–H groups in total. The van der Waals surface area contributed by atoms with Gasteiger partial charge in [0.15, 0.2) is 0 Å². The minimum Gasteiger partial charge on any atom is -0.493 e. The number of rotatable bonds is 9. The number of hydrogen-bond acceptors (Lipinski definition) is 2. The van der Waals surface area contributed by atoms with Crippen LogP contribution in [0, 0.1) is 35.5 Å². The van der Waals surface area contributed by atoms with E-state index in [9.17, 15) is 26.3 Å². The van der Waals surface area contributed by atoms with Crippen LogP contribution in [0.15, 0.2) is 12.1 Å². The van der Waals surface area contributed by atoms with Crippen molar-refractivity contribution in [1.82, 2.24) is 0 Å². The predicted molar refractivity (Wildman–Crippen MR) is 144 cm³/mol. The van der Waals surface area contributed by atoms with Gasteiger partial charge in [0.05, 0.1) is 12.5 Å². The van der Waals surface area contributed by atoms with E-state index in [4.69, 9.17) is 4.74 Å². The fraction of sp³-hybridized carbons (Fsp3) is 0.812. The van der Waals surface area contributed by atoms with Gasteiger partial charge in [-0.2, -0.15) is 35.1 Å². The van der Waals surface area contributed by atoms with Gasteiger partial charge in [0, 0.05) is 0 Å². The second-order valence-corrected chi connectivity index (χ2v) is 12.8. The Labute approximate surface area is 243 Å². The Hall–Kier alpha value is -1.74. The van der Waals surface area contributed by atoms with Crippen LogP contribution in [0.5, 0.6) is 11.5 Å². The number of alkyl halides is 8. The van der Waals surface area contributed by atoms with Crippen molar-refractivity contribution >= 4 is 0 Å². The summed E-state index contributed by atoms with van der Waals surface area (Å²) in [5, 5.41) is 0. The van der Waals surface area contributed by atoms with E-state index < -0.39 is 47.0 Å². The highest BCUT2D eigenvalue weighted by atomic mass is 19.4. The average Bonchev–Trinajstić information content (AvgIpc) is 2.93. The third-order valence-electron chi connectivity index (χ3n) is 10.2. The number of ether oxygens (including phenoxy) is 2. The first-order chi connectivity index (χ1) is 19.7. The average molecular weight is 613 g/mol. The second-order valence-electron chi connectivity index (χ2n) is 12.8. The van der Waals surface area contributed by atoms with Crippen LogP contribution < -0.4 is 9.47 Å². The summed E-state index contributed by atoms with van der Waals surface area (Å²) in [6.07, 6.45) is -1.59. The van der Waals surface area contributed by atoms with Crippen molar-refractivity contribution in [3.63, 3.8) is 0 Å². The Morgan fingerprint density at radius 2 is 1.00 bits per heavy atom. The molecule has 0 aliphatic heterocycles. The predicted octanol–water partition coefficient (Wildman–Crippen LogP) is 11.3. The fourth-order valence-electron chi connectivity index (χ4n) is 8.09. The maximum atomic E-state index is 15.2. The van der Waals surface area contributed by atoms with Crippen LogP contribution in [0.25, 0.3) is 0 Å². The van der Waals surface area contributed by atoms with Crippen molar-refractivity contribution in [3.8, 4) is 11.5 Å². The van der Waals surface area contributed by atoms with Gasteiger partial charge in [-0.3, -0.25) is 0 Å². The van der Waals surface area contributed by atoms with Gasteiger partial charge < -0.3 is 9.47 Å². The maximum Gasteiger partial charge on any atom is 0.420 e. The van der Waals surface area contributed by atoms with E-state index in [1.54, 1.807) is 0 Å². The summed E-state index contributed by atoms with van der Waals surface area (Å²) in [7, 11) is 0. The monoisotopic (exact) mass is 612 g/mol. The minimum absolute atomic E-state index is 0.0591. The summed E-state index contributed by atoms with van der Waals surface area (Å²) in [4.78, 5) is 0. The van der Waals surface area contributed by atoms with Crippen molar-refractivity contribution in [1.29, 1.82) is 0 Å². The summed E-state index contributed by atoms with van der Waals surface area (Å²) in [6.45, 7) is 3.22. The molecule has 1 aromatic rings. The second kappa shape index (κ2) is 13.5. The Morgan fingerprint density at radius 3 is 1.43 bits per heavy atom. The smallest absolute Gasteiger partial charge is 0.420 e. The van der Waals surface area contributed by atoms with E-state index in [0.29, 0.717) is 30.9 Å². The number of hydrogen-bond donors (Lipinski definition) is 0. The van der Waals surface area contributed by atoms with E-state index in [0.717, 1.165) is 30.6 Å². The lowest BCUT2D eigenvalue weighted by atomic mass is 9.65. The first-order valence-electron chi connectivity index (χ1n) is 15.8. The fourth-order valence-corrected chi connectivity index (χ4v) is 8.09. The van der Waals surface area contributed by atoms with Crippen LogP contribution >= 0.6 is 0 Å². The molecule has 0 heterocycles. The van der Waals surface area contributed by atoms with Gasteiger partial charge in [-0.1, -0.05) is 32.6 Å². The van der Waals surface area contributed by atoms with Crippen molar-refractivity contribution in [2.75, 3.05) is 6.61 Å². The molecule has 240 valence electrons. The van der Waals surface area contributed by atoms with E-state index in [1.165, 1.54) is 58.3 Å². The van der Waals surface area contributed by atoms with Gasteiger partial charge >= 0.3 is 18.5 Å². The van der Waals surface area contributed by atoms with Gasteiger partial charge in [0.25, 0.3) is 0 Å². The molecule has 0 spiro atoms. The molecule has 0 aromatic heterocycles. The van der Waals surface area contributed by atoms with Crippen LogP contribution in [0.2, 0.25) is 0 Å². The standard InChI is InChI=1S/C32H44F8O2/c1-3-5-20-6-8-21(9-7-20)22-10-12-23(13-11-22)24-14-16-25(17-15-24)32(39,40)42-27-19-18-26(41-4-2)28(30(33,34)35)29(27)31(36,37)38/h18-25H,3-17H2,1-2H3. The van der Waals surface area contributed by atoms with Crippen molar-refractivity contribution in [2.45, 2.75) is 122 Å². The van der Waals surface area contributed by atoms with Crippen LogP contribution in [0.1, 0.15) is 115 Å². The summed E-state index contributed by atoms with van der Waals surface area (Å²) >= 11 is 0. The molecular weight excluding hydrogens is 568 g/mol. The normalized spacial score (nSPS) is 29.8. The van der Waals surface area contributed by atoms with Gasteiger partial charge in [-0.05, 0) is 113 Å². The third kappa shape index (κ3) is 7.85. The molecule has 0 radical (unpaired) electrons. The molecule has 0 amide bonds. The van der Waals surface area contributed by atoms with E-state index in [2.05, 4.69) is 11.7 Å². The molecule has 3 saturated carbocycles. The molecule has 4 rings (SSSR count). The molecule has 2 nitrogen and oxygen atoms in total. The van der Waals surface area contributed by atoms with Crippen molar-refractivity contribution < 1.29 is 44.6 Å². The van der Waals surface area contributed by atoms with Gasteiger partial charge in [0.2, 0.25) is 0 Å². The number of benzene rings is 1. The van der Waals surface area contributed by atoms with E-state index in [-0.39, 0.29) is 25.4 Å². The van der Waals surface area contributed by atoms with Crippen LogP contribution in [-0.2, 0) is 12.4 Å². The maximum absolute atomic E-state index is 15.2. The Kier molecular flexibility index (Phi) is 10.7.